The highest BCUT2D eigenvalue weighted by molar-refractivity contribution is 9.10. The molecule has 0 radical (unpaired) electrons. The molecule has 1 aliphatic rings. The number of nitrogens with zero attached hydrogens (tertiary/aromatic N) is 2. The van der Waals surface area contributed by atoms with Gasteiger partial charge in [-0.05, 0) is 48.7 Å². The minimum Gasteiger partial charge on any atom is -0.342 e. The summed E-state index contributed by atoms with van der Waals surface area (Å²) in [5, 5.41) is 0. The fourth-order valence-corrected chi connectivity index (χ4v) is 3.75. The van der Waals surface area contributed by atoms with Gasteiger partial charge in [-0.25, -0.2) is 9.37 Å². The van der Waals surface area contributed by atoms with Gasteiger partial charge in [0.05, 0.1) is 17.5 Å². The Hall–Kier alpha value is -2.21. The molecule has 0 bridgehead atoms. The molecule has 0 aliphatic carbocycles. The smallest absolute Gasteiger partial charge is 0.226 e. The van der Waals surface area contributed by atoms with Crippen molar-refractivity contribution in [3.63, 3.8) is 0 Å². The van der Waals surface area contributed by atoms with Crippen molar-refractivity contribution < 1.29 is 9.18 Å². The van der Waals surface area contributed by atoms with Crippen LogP contribution in [-0.4, -0.2) is 33.9 Å². The number of benzene rings is 2. The van der Waals surface area contributed by atoms with Gasteiger partial charge < -0.3 is 9.88 Å². The van der Waals surface area contributed by atoms with Crippen LogP contribution in [0.4, 0.5) is 4.39 Å². The number of halogens is 2. The van der Waals surface area contributed by atoms with Crippen LogP contribution in [0, 0.1) is 5.82 Å². The number of imidazole rings is 1. The van der Waals surface area contributed by atoms with E-state index in [1.54, 1.807) is 6.07 Å². The molecule has 2 heterocycles. The van der Waals surface area contributed by atoms with E-state index in [0.29, 0.717) is 6.42 Å². The predicted octanol–water partition coefficient (Wildman–Crippen LogP) is 4.41. The Bertz CT molecular complexity index is 930. The quantitative estimate of drug-likeness (QED) is 0.688. The summed E-state index contributed by atoms with van der Waals surface area (Å²) in [7, 11) is 0. The van der Waals surface area contributed by atoms with E-state index in [9.17, 15) is 9.18 Å². The van der Waals surface area contributed by atoms with Gasteiger partial charge in [-0.15, -0.1) is 0 Å². The molecule has 0 atom stereocenters. The minimum atomic E-state index is -0.263. The van der Waals surface area contributed by atoms with Crippen molar-refractivity contribution in [1.29, 1.82) is 0 Å². The van der Waals surface area contributed by atoms with E-state index in [1.165, 1.54) is 12.1 Å². The summed E-state index contributed by atoms with van der Waals surface area (Å²) in [6, 6.07) is 12.5. The van der Waals surface area contributed by atoms with E-state index >= 15 is 0 Å². The third kappa shape index (κ3) is 3.65. The number of nitrogens with one attached hydrogen (secondary N) is 1. The van der Waals surface area contributed by atoms with Crippen LogP contribution < -0.4 is 0 Å². The lowest BCUT2D eigenvalue weighted by molar-refractivity contribution is -0.131. The second kappa shape index (κ2) is 7.19. The number of rotatable bonds is 3. The Morgan fingerprint density at radius 3 is 2.65 bits per heavy atom. The first kappa shape index (κ1) is 17.2. The summed E-state index contributed by atoms with van der Waals surface area (Å²) < 4.78 is 14.3. The van der Waals surface area contributed by atoms with Crippen LogP contribution in [0.15, 0.2) is 46.9 Å². The molecule has 1 saturated heterocycles. The van der Waals surface area contributed by atoms with Crippen molar-refractivity contribution in [3.05, 3.63) is 64.1 Å². The topological polar surface area (TPSA) is 49.0 Å². The predicted molar refractivity (Wildman–Crippen MR) is 102 cm³/mol. The van der Waals surface area contributed by atoms with Gasteiger partial charge in [0.15, 0.2) is 0 Å². The van der Waals surface area contributed by atoms with Crippen LogP contribution in [0.1, 0.15) is 30.1 Å². The van der Waals surface area contributed by atoms with Crippen molar-refractivity contribution in [2.75, 3.05) is 13.1 Å². The maximum Gasteiger partial charge on any atom is 0.226 e. The van der Waals surface area contributed by atoms with Crippen molar-refractivity contribution in [1.82, 2.24) is 14.9 Å². The van der Waals surface area contributed by atoms with Crippen molar-refractivity contribution in [2.45, 2.75) is 25.2 Å². The Kier molecular flexibility index (Phi) is 4.76. The SMILES string of the molecule is O=C(Cc1ccc(Br)cc1)N1CCC(c2nc3ccc(F)cc3[nH]2)CC1. The maximum absolute atomic E-state index is 13.3. The summed E-state index contributed by atoms with van der Waals surface area (Å²) in [5.41, 5.74) is 2.54. The third-order valence-corrected chi connectivity index (χ3v) is 5.49. The molecule has 1 amide bonds. The molecule has 0 spiro atoms. The molecule has 1 aliphatic heterocycles. The van der Waals surface area contributed by atoms with Crippen LogP contribution in [0.3, 0.4) is 0 Å². The van der Waals surface area contributed by atoms with E-state index in [2.05, 4.69) is 25.9 Å². The Morgan fingerprint density at radius 1 is 1.19 bits per heavy atom. The summed E-state index contributed by atoms with van der Waals surface area (Å²) >= 11 is 3.41. The maximum atomic E-state index is 13.3. The van der Waals surface area contributed by atoms with Crippen LogP contribution in [0.2, 0.25) is 0 Å². The molecule has 26 heavy (non-hydrogen) atoms. The van der Waals surface area contributed by atoms with E-state index in [-0.39, 0.29) is 17.6 Å². The van der Waals surface area contributed by atoms with Gasteiger partial charge in [-0.1, -0.05) is 28.1 Å². The van der Waals surface area contributed by atoms with Gasteiger partial charge in [0.25, 0.3) is 0 Å². The first-order valence-electron chi connectivity index (χ1n) is 8.76. The van der Waals surface area contributed by atoms with Gasteiger partial charge in [0.1, 0.15) is 11.6 Å². The fraction of sp³-hybridized carbons (Fsp3) is 0.300. The lowest BCUT2D eigenvalue weighted by atomic mass is 9.95. The molecule has 0 saturated carbocycles. The summed E-state index contributed by atoms with van der Waals surface area (Å²) in [4.78, 5) is 22.3. The Labute approximate surface area is 159 Å². The summed E-state index contributed by atoms with van der Waals surface area (Å²) in [6.07, 6.45) is 2.17. The number of H-pyrrole nitrogens is 1. The van der Waals surface area contributed by atoms with Crippen molar-refractivity contribution in [2.24, 2.45) is 0 Å². The Morgan fingerprint density at radius 2 is 1.92 bits per heavy atom. The van der Waals surface area contributed by atoms with Gasteiger partial charge in [0.2, 0.25) is 5.91 Å². The fourth-order valence-electron chi connectivity index (χ4n) is 3.49. The zero-order chi connectivity index (χ0) is 18.1. The second-order valence-electron chi connectivity index (χ2n) is 6.74. The summed E-state index contributed by atoms with van der Waals surface area (Å²) in [6.45, 7) is 1.46. The average Bonchev–Trinajstić information content (AvgIpc) is 3.07. The first-order chi connectivity index (χ1) is 12.6. The van der Waals surface area contributed by atoms with Crippen LogP contribution in [0.25, 0.3) is 11.0 Å². The number of amides is 1. The standard InChI is InChI=1S/C20H19BrFN3O/c21-15-3-1-13(2-4-15)11-19(26)25-9-7-14(8-10-25)20-23-17-6-5-16(22)12-18(17)24-20/h1-6,12,14H,7-11H2,(H,23,24). The number of fused-ring (bicyclic) bond motifs is 1. The lowest BCUT2D eigenvalue weighted by Gasteiger charge is -2.31. The molecule has 134 valence electrons. The molecular formula is C20H19BrFN3O. The first-order valence-corrected chi connectivity index (χ1v) is 9.55. The van der Waals surface area contributed by atoms with Gasteiger partial charge >= 0.3 is 0 Å². The molecule has 4 rings (SSSR count). The monoisotopic (exact) mass is 415 g/mol. The third-order valence-electron chi connectivity index (χ3n) is 4.97. The van der Waals surface area contributed by atoms with Crippen molar-refractivity contribution in [3.8, 4) is 0 Å². The highest BCUT2D eigenvalue weighted by Gasteiger charge is 2.25. The molecule has 3 aromatic rings. The summed E-state index contributed by atoms with van der Waals surface area (Å²) in [5.74, 6) is 1.08. The normalized spacial score (nSPS) is 15.5. The highest BCUT2D eigenvalue weighted by atomic mass is 79.9. The molecule has 1 fully saturated rings. The largest absolute Gasteiger partial charge is 0.342 e. The number of hydrogen-bond donors (Lipinski definition) is 1. The number of aromatic amines is 1. The number of likely N-dealkylation sites (tertiary alicyclic amines) is 1. The average molecular weight is 416 g/mol. The van der Waals surface area contributed by atoms with Crippen LogP contribution >= 0.6 is 15.9 Å². The molecule has 2 aromatic carbocycles. The van der Waals surface area contributed by atoms with Gasteiger partial charge in [-0.3, -0.25) is 4.79 Å². The van der Waals surface area contributed by atoms with Crippen LogP contribution in [0.5, 0.6) is 0 Å². The van der Waals surface area contributed by atoms with E-state index in [1.807, 2.05) is 29.2 Å². The van der Waals surface area contributed by atoms with Crippen molar-refractivity contribution >= 4 is 32.9 Å². The number of carbonyl (C=O) groups is 1. The molecule has 1 aromatic heterocycles. The number of carbonyl (C=O) groups excluding carboxylic acids is 1. The zero-order valence-corrected chi connectivity index (χ0v) is 15.8. The lowest BCUT2D eigenvalue weighted by Crippen LogP contribution is -2.39. The number of aromatic nitrogens is 2. The second-order valence-corrected chi connectivity index (χ2v) is 7.66. The Balaban J connectivity index is 1.38. The highest BCUT2D eigenvalue weighted by Crippen LogP contribution is 2.28. The van der Waals surface area contributed by atoms with E-state index in [4.69, 9.17) is 0 Å². The number of piperidine rings is 1. The van der Waals surface area contributed by atoms with Crippen LogP contribution in [-0.2, 0) is 11.2 Å². The van der Waals surface area contributed by atoms with E-state index < -0.39 is 0 Å². The van der Waals surface area contributed by atoms with E-state index in [0.717, 1.165) is 52.8 Å². The molecule has 4 nitrogen and oxygen atoms in total. The zero-order valence-electron chi connectivity index (χ0n) is 14.2. The van der Waals surface area contributed by atoms with Gasteiger partial charge in [-0.2, -0.15) is 0 Å². The molecule has 6 heteroatoms. The van der Waals surface area contributed by atoms with Gasteiger partial charge in [0, 0.05) is 23.5 Å². The number of hydrogen-bond acceptors (Lipinski definition) is 2. The minimum absolute atomic E-state index is 0.164. The molecular weight excluding hydrogens is 397 g/mol. The molecule has 1 N–H and O–H groups in total. The molecule has 0 unspecified atom stereocenters.